The van der Waals surface area contributed by atoms with Crippen molar-refractivity contribution in [2.45, 2.75) is 46.5 Å². The van der Waals surface area contributed by atoms with Crippen molar-refractivity contribution in [2.24, 2.45) is 0 Å². The van der Waals surface area contributed by atoms with Crippen LogP contribution >= 0.6 is 0 Å². The van der Waals surface area contributed by atoms with Crippen LogP contribution in [0.15, 0.2) is 60.7 Å². The lowest BCUT2D eigenvalue weighted by molar-refractivity contribution is 0.102. The third-order valence-corrected chi connectivity index (χ3v) is 5.65. The van der Waals surface area contributed by atoms with Gasteiger partial charge in [0.1, 0.15) is 16.8 Å². The van der Waals surface area contributed by atoms with E-state index in [1.807, 2.05) is 43.3 Å². The lowest BCUT2D eigenvalue weighted by Crippen LogP contribution is -2.12. The molecule has 0 saturated heterocycles. The van der Waals surface area contributed by atoms with Gasteiger partial charge >= 0.3 is 0 Å². The molecule has 1 N–H and O–H groups in total. The average molecular weight is 443 g/mol. The molecular weight excluding hydrogens is 412 g/mol. The van der Waals surface area contributed by atoms with Gasteiger partial charge in [0.05, 0.1) is 12.3 Å². The van der Waals surface area contributed by atoms with Gasteiger partial charge in [-0.05, 0) is 78.9 Å². The summed E-state index contributed by atoms with van der Waals surface area (Å²) >= 11 is 0. The molecule has 0 aliphatic heterocycles. The van der Waals surface area contributed by atoms with Crippen molar-refractivity contribution in [1.82, 2.24) is 15.0 Å². The largest absolute Gasteiger partial charge is 0.494 e. The second-order valence-corrected chi connectivity index (χ2v) is 8.57. The Morgan fingerprint density at radius 3 is 2.30 bits per heavy atom. The molecule has 0 fully saturated rings. The zero-order chi connectivity index (χ0) is 23.4. The fraction of sp³-hybridized carbons (Fsp3) is 0.296. The number of carbonyl (C=O) groups is 1. The molecule has 0 aliphatic carbocycles. The van der Waals surface area contributed by atoms with E-state index in [-0.39, 0.29) is 5.91 Å². The summed E-state index contributed by atoms with van der Waals surface area (Å²) in [5, 5.41) is 12.2. The van der Waals surface area contributed by atoms with Crippen LogP contribution in [0.3, 0.4) is 0 Å². The number of carbonyl (C=O) groups excluding carboxylic acids is 1. The van der Waals surface area contributed by atoms with Gasteiger partial charge < -0.3 is 10.1 Å². The average Bonchev–Trinajstić information content (AvgIpc) is 3.22. The number of unbranched alkanes of at least 4 members (excludes halogenated alkanes) is 1. The first-order valence-electron chi connectivity index (χ1n) is 11.5. The summed E-state index contributed by atoms with van der Waals surface area (Å²) in [5.74, 6) is 1.08. The first kappa shape index (κ1) is 22.5. The number of benzene rings is 3. The number of hydrogen-bond donors (Lipinski definition) is 1. The van der Waals surface area contributed by atoms with Crippen molar-refractivity contribution in [3.8, 4) is 11.4 Å². The van der Waals surface area contributed by atoms with Crippen LogP contribution in [0.2, 0.25) is 0 Å². The molecule has 1 aromatic heterocycles. The lowest BCUT2D eigenvalue weighted by Gasteiger charge is -2.09. The van der Waals surface area contributed by atoms with Gasteiger partial charge in [0.25, 0.3) is 5.91 Å². The molecule has 6 heteroatoms. The van der Waals surface area contributed by atoms with Gasteiger partial charge in [-0.15, -0.1) is 10.2 Å². The Balaban J connectivity index is 1.51. The molecule has 1 amide bonds. The molecule has 0 aliphatic rings. The maximum absolute atomic E-state index is 12.8. The number of nitrogens with one attached hydrogen (secondary N) is 1. The molecule has 33 heavy (non-hydrogen) atoms. The van der Waals surface area contributed by atoms with E-state index in [0.717, 1.165) is 46.6 Å². The van der Waals surface area contributed by atoms with Crippen LogP contribution in [-0.4, -0.2) is 27.5 Å². The molecule has 6 nitrogen and oxygen atoms in total. The van der Waals surface area contributed by atoms with Gasteiger partial charge in [0.2, 0.25) is 0 Å². The number of aryl methyl sites for hydroxylation is 1. The smallest absolute Gasteiger partial charge is 0.255 e. The van der Waals surface area contributed by atoms with E-state index in [1.165, 1.54) is 5.56 Å². The second-order valence-electron chi connectivity index (χ2n) is 8.57. The quantitative estimate of drug-likeness (QED) is 0.326. The summed E-state index contributed by atoms with van der Waals surface area (Å²) in [5.41, 5.74) is 5.91. The Bertz CT molecular complexity index is 1240. The molecule has 0 bridgehead atoms. The fourth-order valence-corrected chi connectivity index (χ4v) is 3.54. The Morgan fingerprint density at radius 1 is 1.00 bits per heavy atom. The van der Waals surface area contributed by atoms with Crippen molar-refractivity contribution in [3.63, 3.8) is 0 Å². The van der Waals surface area contributed by atoms with Gasteiger partial charge in [-0.3, -0.25) is 4.79 Å². The van der Waals surface area contributed by atoms with Gasteiger partial charge in [-0.1, -0.05) is 39.3 Å². The van der Waals surface area contributed by atoms with Crippen molar-refractivity contribution in [3.05, 3.63) is 77.4 Å². The monoisotopic (exact) mass is 442 g/mol. The molecule has 0 unspecified atom stereocenters. The number of rotatable bonds is 8. The molecule has 0 atom stereocenters. The van der Waals surface area contributed by atoms with E-state index in [2.05, 4.69) is 48.4 Å². The molecule has 3 aromatic carbocycles. The van der Waals surface area contributed by atoms with Crippen LogP contribution in [-0.2, 0) is 0 Å². The summed E-state index contributed by atoms with van der Waals surface area (Å²) in [7, 11) is 0. The Hall–Kier alpha value is -3.67. The molecule has 1 heterocycles. The van der Waals surface area contributed by atoms with Crippen LogP contribution in [0.1, 0.15) is 61.0 Å². The van der Waals surface area contributed by atoms with Crippen LogP contribution < -0.4 is 10.1 Å². The predicted octanol–water partition coefficient (Wildman–Crippen LogP) is 6.28. The standard InChI is InChI=1S/C27H30N4O2/c1-5-6-15-33-23-13-9-21(10-14-23)27(32)28-24-17-26-25(16-19(24)4)29-31(30-26)22-11-7-20(8-12-22)18(2)3/h7-14,16-18H,5-6,15H2,1-4H3,(H,28,32). The number of fused-ring (bicyclic) bond motifs is 1. The van der Waals surface area contributed by atoms with E-state index in [1.54, 1.807) is 16.9 Å². The van der Waals surface area contributed by atoms with Gasteiger partial charge in [0, 0.05) is 11.3 Å². The molecule has 4 rings (SSSR count). The summed E-state index contributed by atoms with van der Waals surface area (Å²) in [6, 6.07) is 19.3. The molecular formula is C27H30N4O2. The highest BCUT2D eigenvalue weighted by atomic mass is 16.5. The zero-order valence-corrected chi connectivity index (χ0v) is 19.6. The van der Waals surface area contributed by atoms with E-state index in [9.17, 15) is 4.79 Å². The fourth-order valence-electron chi connectivity index (χ4n) is 3.54. The number of hydrogen-bond acceptors (Lipinski definition) is 4. The SMILES string of the molecule is CCCCOc1ccc(C(=O)Nc2cc3nn(-c4ccc(C(C)C)cc4)nc3cc2C)cc1. The Kier molecular flexibility index (Phi) is 6.73. The second kappa shape index (κ2) is 9.86. The molecule has 0 spiro atoms. The van der Waals surface area contributed by atoms with Crippen molar-refractivity contribution >= 4 is 22.6 Å². The molecule has 4 aromatic rings. The van der Waals surface area contributed by atoms with Gasteiger partial charge in [0.15, 0.2) is 0 Å². The van der Waals surface area contributed by atoms with E-state index in [4.69, 9.17) is 4.74 Å². The summed E-state index contributed by atoms with van der Waals surface area (Å²) in [4.78, 5) is 14.4. The maximum Gasteiger partial charge on any atom is 0.255 e. The van der Waals surface area contributed by atoms with E-state index in [0.29, 0.717) is 18.1 Å². The minimum absolute atomic E-state index is 0.172. The minimum atomic E-state index is -0.172. The van der Waals surface area contributed by atoms with Crippen LogP contribution in [0.5, 0.6) is 5.75 Å². The van der Waals surface area contributed by atoms with Crippen molar-refractivity contribution in [1.29, 1.82) is 0 Å². The highest BCUT2D eigenvalue weighted by molar-refractivity contribution is 6.05. The maximum atomic E-state index is 12.8. The Morgan fingerprint density at radius 2 is 1.67 bits per heavy atom. The zero-order valence-electron chi connectivity index (χ0n) is 19.6. The molecule has 0 radical (unpaired) electrons. The third-order valence-electron chi connectivity index (χ3n) is 5.65. The summed E-state index contributed by atoms with van der Waals surface area (Å²) < 4.78 is 5.67. The van der Waals surface area contributed by atoms with Crippen LogP contribution in [0, 0.1) is 6.92 Å². The normalized spacial score (nSPS) is 11.2. The number of amides is 1. The van der Waals surface area contributed by atoms with Gasteiger partial charge in [-0.25, -0.2) is 0 Å². The minimum Gasteiger partial charge on any atom is -0.494 e. The Labute approximate surface area is 194 Å². The number of ether oxygens (including phenoxy) is 1. The molecule has 170 valence electrons. The lowest BCUT2D eigenvalue weighted by atomic mass is 10.0. The first-order chi connectivity index (χ1) is 15.9. The van der Waals surface area contributed by atoms with E-state index >= 15 is 0 Å². The summed E-state index contributed by atoms with van der Waals surface area (Å²) in [6.45, 7) is 9.11. The number of aromatic nitrogens is 3. The van der Waals surface area contributed by atoms with Crippen molar-refractivity contribution < 1.29 is 9.53 Å². The van der Waals surface area contributed by atoms with E-state index < -0.39 is 0 Å². The predicted molar refractivity (Wildman–Crippen MR) is 132 cm³/mol. The number of anilines is 1. The highest BCUT2D eigenvalue weighted by Crippen LogP contribution is 2.24. The van der Waals surface area contributed by atoms with Crippen LogP contribution in [0.4, 0.5) is 5.69 Å². The molecule has 0 saturated carbocycles. The van der Waals surface area contributed by atoms with Crippen LogP contribution in [0.25, 0.3) is 16.7 Å². The topological polar surface area (TPSA) is 69.0 Å². The summed E-state index contributed by atoms with van der Waals surface area (Å²) in [6.07, 6.45) is 2.10. The number of nitrogens with zero attached hydrogens (tertiary/aromatic N) is 3. The highest BCUT2D eigenvalue weighted by Gasteiger charge is 2.12. The van der Waals surface area contributed by atoms with Crippen molar-refractivity contribution in [2.75, 3.05) is 11.9 Å². The first-order valence-corrected chi connectivity index (χ1v) is 11.5. The third kappa shape index (κ3) is 5.22. The van der Waals surface area contributed by atoms with Gasteiger partial charge in [-0.2, -0.15) is 4.80 Å².